The molecule has 3 heteroatoms. The Morgan fingerprint density at radius 2 is 1.56 bits per heavy atom. The molecular formula is C22H20O3. The van der Waals surface area contributed by atoms with Crippen molar-refractivity contribution in [3.05, 3.63) is 95.6 Å². The zero-order valence-corrected chi connectivity index (χ0v) is 14.1. The largest absolute Gasteiger partial charge is 0.488 e. The van der Waals surface area contributed by atoms with E-state index >= 15 is 0 Å². The number of para-hydroxylation sites is 1. The van der Waals surface area contributed by atoms with Crippen LogP contribution in [0.1, 0.15) is 34.5 Å². The highest BCUT2D eigenvalue weighted by atomic mass is 16.5. The third kappa shape index (κ3) is 4.48. The van der Waals surface area contributed by atoms with Gasteiger partial charge in [0.2, 0.25) is 0 Å². The molecule has 0 spiro atoms. The van der Waals surface area contributed by atoms with Crippen LogP contribution in [0, 0.1) is 0 Å². The Hall–Kier alpha value is -3.07. The van der Waals surface area contributed by atoms with Gasteiger partial charge >= 0.3 is 0 Å². The summed E-state index contributed by atoms with van der Waals surface area (Å²) in [5, 5.41) is 0. The molecule has 0 amide bonds. The molecule has 0 radical (unpaired) electrons. The molecule has 0 aliphatic carbocycles. The predicted molar refractivity (Wildman–Crippen MR) is 98.1 cm³/mol. The smallest absolute Gasteiger partial charge is 0.150 e. The summed E-state index contributed by atoms with van der Waals surface area (Å²) in [6.07, 6.45) is 0.647. The lowest BCUT2D eigenvalue weighted by Crippen LogP contribution is -2.06. The van der Waals surface area contributed by atoms with Crippen molar-refractivity contribution in [1.29, 1.82) is 0 Å². The van der Waals surface area contributed by atoms with Crippen molar-refractivity contribution in [3.8, 4) is 11.5 Å². The van der Waals surface area contributed by atoms with Crippen molar-refractivity contribution in [2.75, 3.05) is 0 Å². The van der Waals surface area contributed by atoms with Crippen LogP contribution in [0.15, 0.2) is 78.9 Å². The van der Waals surface area contributed by atoms with E-state index in [0.717, 1.165) is 28.9 Å². The maximum absolute atomic E-state index is 10.7. The SMILES string of the molecule is CC(Oc1ccc(C=O)cc1)c1ccccc1OCc1ccccc1. The molecule has 3 nitrogen and oxygen atoms in total. The number of carbonyl (C=O) groups excluding carboxylic acids is 1. The number of hydrogen-bond donors (Lipinski definition) is 0. The first kappa shape index (κ1) is 16.8. The molecule has 25 heavy (non-hydrogen) atoms. The Morgan fingerprint density at radius 1 is 0.880 bits per heavy atom. The molecule has 3 aromatic rings. The summed E-state index contributed by atoms with van der Waals surface area (Å²) in [5.74, 6) is 1.53. The van der Waals surface area contributed by atoms with Crippen molar-refractivity contribution in [2.24, 2.45) is 0 Å². The Kier molecular flexibility index (Phi) is 5.47. The summed E-state index contributed by atoms with van der Waals surface area (Å²) in [5.41, 5.74) is 2.74. The van der Waals surface area contributed by atoms with Crippen LogP contribution in [0.4, 0.5) is 0 Å². The van der Waals surface area contributed by atoms with Gasteiger partial charge in [0.1, 0.15) is 30.5 Å². The Labute approximate surface area is 147 Å². The summed E-state index contributed by atoms with van der Waals surface area (Å²) in [6.45, 7) is 2.50. The highest BCUT2D eigenvalue weighted by Gasteiger charge is 2.13. The van der Waals surface area contributed by atoms with E-state index in [1.807, 2.05) is 61.5 Å². The van der Waals surface area contributed by atoms with Crippen LogP contribution < -0.4 is 9.47 Å². The minimum atomic E-state index is -0.172. The van der Waals surface area contributed by atoms with Crippen LogP contribution in [-0.4, -0.2) is 6.29 Å². The molecule has 0 heterocycles. The first-order valence-corrected chi connectivity index (χ1v) is 8.24. The standard InChI is InChI=1S/C22H20O3/c1-17(25-20-13-11-18(15-23)12-14-20)21-9-5-6-10-22(21)24-16-19-7-3-2-4-8-19/h2-15,17H,16H2,1H3. The molecule has 0 N–H and O–H groups in total. The molecule has 1 atom stereocenters. The summed E-state index contributed by atoms with van der Waals surface area (Å²) in [7, 11) is 0. The van der Waals surface area contributed by atoms with Crippen LogP contribution in [0.3, 0.4) is 0 Å². The van der Waals surface area contributed by atoms with Gasteiger partial charge in [0.25, 0.3) is 0 Å². The normalized spacial score (nSPS) is 11.6. The molecule has 0 saturated heterocycles. The van der Waals surface area contributed by atoms with Crippen molar-refractivity contribution in [3.63, 3.8) is 0 Å². The van der Waals surface area contributed by atoms with Gasteiger partial charge in [-0.2, -0.15) is 0 Å². The van der Waals surface area contributed by atoms with Gasteiger partial charge in [-0.05, 0) is 42.8 Å². The number of benzene rings is 3. The first-order valence-electron chi connectivity index (χ1n) is 8.24. The average Bonchev–Trinajstić information content (AvgIpc) is 2.68. The van der Waals surface area contributed by atoms with Gasteiger partial charge in [-0.15, -0.1) is 0 Å². The highest BCUT2D eigenvalue weighted by molar-refractivity contribution is 5.74. The van der Waals surface area contributed by atoms with Crippen LogP contribution >= 0.6 is 0 Å². The van der Waals surface area contributed by atoms with E-state index in [0.29, 0.717) is 12.2 Å². The number of carbonyl (C=O) groups is 1. The predicted octanol–water partition coefficient (Wildman–Crippen LogP) is 5.22. The fraction of sp³-hybridized carbons (Fsp3) is 0.136. The third-order valence-corrected chi connectivity index (χ3v) is 3.92. The topological polar surface area (TPSA) is 35.5 Å². The van der Waals surface area contributed by atoms with Crippen molar-refractivity contribution >= 4 is 6.29 Å². The van der Waals surface area contributed by atoms with Gasteiger partial charge in [-0.1, -0.05) is 48.5 Å². The van der Waals surface area contributed by atoms with Crippen molar-refractivity contribution in [1.82, 2.24) is 0 Å². The zero-order valence-electron chi connectivity index (χ0n) is 14.1. The monoisotopic (exact) mass is 332 g/mol. The van der Waals surface area contributed by atoms with E-state index in [-0.39, 0.29) is 6.10 Å². The van der Waals surface area contributed by atoms with E-state index in [1.165, 1.54) is 0 Å². The summed E-state index contributed by atoms with van der Waals surface area (Å²) in [6, 6.07) is 25.0. The molecule has 0 aliphatic heterocycles. The quantitative estimate of drug-likeness (QED) is 0.557. The lowest BCUT2D eigenvalue weighted by molar-refractivity contribution is 0.112. The van der Waals surface area contributed by atoms with Gasteiger partial charge in [-0.25, -0.2) is 0 Å². The van der Waals surface area contributed by atoms with E-state index in [9.17, 15) is 4.79 Å². The first-order chi connectivity index (χ1) is 12.3. The molecule has 0 fully saturated rings. The number of ether oxygens (including phenoxy) is 2. The number of aldehydes is 1. The van der Waals surface area contributed by atoms with Crippen molar-refractivity contribution < 1.29 is 14.3 Å². The maximum Gasteiger partial charge on any atom is 0.150 e. The second-order valence-corrected chi connectivity index (χ2v) is 5.76. The molecule has 126 valence electrons. The van der Waals surface area contributed by atoms with E-state index in [1.54, 1.807) is 24.3 Å². The number of rotatable bonds is 7. The van der Waals surface area contributed by atoms with Crippen LogP contribution in [0.5, 0.6) is 11.5 Å². The summed E-state index contributed by atoms with van der Waals surface area (Å²) >= 11 is 0. The molecule has 0 aromatic heterocycles. The van der Waals surface area contributed by atoms with E-state index in [2.05, 4.69) is 0 Å². The third-order valence-electron chi connectivity index (χ3n) is 3.92. The van der Waals surface area contributed by atoms with E-state index < -0.39 is 0 Å². The minimum absolute atomic E-state index is 0.172. The Bertz CT molecular complexity index is 810. The van der Waals surface area contributed by atoms with Gasteiger partial charge in [0.15, 0.2) is 0 Å². The molecule has 0 aliphatic rings. The van der Waals surface area contributed by atoms with Gasteiger partial charge in [0, 0.05) is 11.1 Å². The molecule has 3 aromatic carbocycles. The minimum Gasteiger partial charge on any atom is -0.488 e. The zero-order chi connectivity index (χ0) is 17.5. The summed E-state index contributed by atoms with van der Waals surface area (Å²) in [4.78, 5) is 10.7. The van der Waals surface area contributed by atoms with Gasteiger partial charge in [-0.3, -0.25) is 4.79 Å². The van der Waals surface area contributed by atoms with Crippen molar-refractivity contribution in [2.45, 2.75) is 19.6 Å². The lowest BCUT2D eigenvalue weighted by Gasteiger charge is -2.19. The molecule has 0 bridgehead atoms. The average molecular weight is 332 g/mol. The van der Waals surface area contributed by atoms with Gasteiger partial charge < -0.3 is 9.47 Å². The fourth-order valence-corrected chi connectivity index (χ4v) is 2.58. The molecular weight excluding hydrogens is 312 g/mol. The Morgan fingerprint density at radius 3 is 2.28 bits per heavy atom. The lowest BCUT2D eigenvalue weighted by atomic mass is 10.1. The Balaban J connectivity index is 1.71. The molecule has 3 rings (SSSR count). The van der Waals surface area contributed by atoms with Crippen LogP contribution in [0.2, 0.25) is 0 Å². The molecule has 0 saturated carbocycles. The highest BCUT2D eigenvalue weighted by Crippen LogP contribution is 2.29. The number of hydrogen-bond acceptors (Lipinski definition) is 3. The summed E-state index contributed by atoms with van der Waals surface area (Å²) < 4.78 is 12.0. The van der Waals surface area contributed by atoms with Crippen LogP contribution in [-0.2, 0) is 6.61 Å². The maximum atomic E-state index is 10.7. The fourth-order valence-electron chi connectivity index (χ4n) is 2.58. The van der Waals surface area contributed by atoms with Gasteiger partial charge in [0.05, 0.1) is 0 Å². The molecule has 1 unspecified atom stereocenters. The van der Waals surface area contributed by atoms with Crippen LogP contribution in [0.25, 0.3) is 0 Å². The second-order valence-electron chi connectivity index (χ2n) is 5.76. The van der Waals surface area contributed by atoms with E-state index in [4.69, 9.17) is 9.47 Å². The second kappa shape index (κ2) is 8.15.